The van der Waals surface area contributed by atoms with E-state index in [0.717, 1.165) is 28.9 Å². The van der Waals surface area contributed by atoms with Crippen LogP contribution in [-0.2, 0) is 27.7 Å². The zero-order valence-corrected chi connectivity index (χ0v) is 15.1. The summed E-state index contributed by atoms with van der Waals surface area (Å²) < 4.78 is 26.7. The van der Waals surface area contributed by atoms with E-state index >= 15 is 0 Å². The van der Waals surface area contributed by atoms with E-state index in [4.69, 9.17) is 0 Å². The number of fused-ring (bicyclic) bond motifs is 1. The Morgan fingerprint density at radius 3 is 2.64 bits per heavy atom. The quantitative estimate of drug-likeness (QED) is 0.863. The normalized spacial score (nSPS) is 13.6. The lowest BCUT2D eigenvalue weighted by atomic mass is 10.1. The van der Waals surface area contributed by atoms with Crippen molar-refractivity contribution in [2.45, 2.75) is 26.2 Å². The fourth-order valence-corrected chi connectivity index (χ4v) is 4.60. The number of aryl methyl sites for hydroxylation is 1. The Hall–Kier alpha value is -2.34. The van der Waals surface area contributed by atoms with E-state index in [9.17, 15) is 13.2 Å². The molecule has 1 N–H and O–H groups in total. The van der Waals surface area contributed by atoms with E-state index in [2.05, 4.69) is 5.32 Å². The molecular formula is C19H22N2O3S. The van der Waals surface area contributed by atoms with Gasteiger partial charge in [-0.3, -0.25) is 9.10 Å². The van der Waals surface area contributed by atoms with Gasteiger partial charge >= 0.3 is 0 Å². The third-order valence-corrected chi connectivity index (χ3v) is 6.21. The molecule has 0 unspecified atom stereocenters. The molecular weight excluding hydrogens is 336 g/mol. The number of hydrogen-bond acceptors (Lipinski definition) is 3. The molecule has 3 rings (SSSR count). The molecule has 0 radical (unpaired) electrons. The van der Waals surface area contributed by atoms with E-state index in [1.54, 1.807) is 0 Å². The fourth-order valence-electron chi connectivity index (χ4n) is 3.09. The number of nitrogens with one attached hydrogen (secondary N) is 1. The first-order valence-electron chi connectivity index (χ1n) is 8.47. The summed E-state index contributed by atoms with van der Waals surface area (Å²) in [5, 5.41) is 2.82. The molecule has 0 aliphatic carbocycles. The largest absolute Gasteiger partial charge is 0.326 e. The maximum absolute atomic E-state index is 12.6. The van der Waals surface area contributed by atoms with E-state index in [1.807, 2.05) is 55.5 Å². The minimum absolute atomic E-state index is 0.0565. The van der Waals surface area contributed by atoms with Crippen LogP contribution in [0.25, 0.3) is 0 Å². The average molecular weight is 358 g/mol. The molecule has 132 valence electrons. The topological polar surface area (TPSA) is 66.5 Å². The number of hydrogen-bond donors (Lipinski definition) is 1. The van der Waals surface area contributed by atoms with E-state index in [-0.39, 0.29) is 18.1 Å². The van der Waals surface area contributed by atoms with Gasteiger partial charge in [-0.05, 0) is 36.1 Å². The molecule has 0 bridgehead atoms. The number of rotatable bonds is 6. The van der Waals surface area contributed by atoms with Crippen molar-refractivity contribution in [3.05, 3.63) is 59.7 Å². The first kappa shape index (κ1) is 17.5. The van der Waals surface area contributed by atoms with Gasteiger partial charge in [-0.25, -0.2) is 8.42 Å². The average Bonchev–Trinajstić information content (AvgIpc) is 3.05. The van der Waals surface area contributed by atoms with Gasteiger partial charge in [0.15, 0.2) is 0 Å². The van der Waals surface area contributed by atoms with Gasteiger partial charge in [0.1, 0.15) is 0 Å². The Balaban J connectivity index is 1.64. The molecule has 1 heterocycles. The molecule has 0 fully saturated rings. The lowest BCUT2D eigenvalue weighted by molar-refractivity contribution is -0.115. The maximum Gasteiger partial charge on any atom is 0.235 e. The van der Waals surface area contributed by atoms with Crippen LogP contribution in [0, 0.1) is 0 Å². The molecule has 6 heteroatoms. The number of para-hydroxylation sites is 2. The highest BCUT2D eigenvalue weighted by atomic mass is 32.2. The summed E-state index contributed by atoms with van der Waals surface area (Å²) in [4.78, 5) is 12.2. The minimum Gasteiger partial charge on any atom is -0.326 e. The fraction of sp³-hybridized carbons (Fsp3) is 0.316. The second kappa shape index (κ2) is 7.27. The van der Waals surface area contributed by atoms with Crippen LogP contribution in [-0.4, -0.2) is 26.6 Å². The van der Waals surface area contributed by atoms with Crippen molar-refractivity contribution in [1.82, 2.24) is 0 Å². The van der Waals surface area contributed by atoms with Gasteiger partial charge in [-0.2, -0.15) is 0 Å². The zero-order chi connectivity index (χ0) is 17.9. The standard InChI is InChI=1S/C19H22N2O3S/c1-2-15-7-3-5-9-17(15)20-19(22)12-14-25(23,24)21-13-11-16-8-4-6-10-18(16)21/h3-10H,2,11-14H2,1H3,(H,20,22). The van der Waals surface area contributed by atoms with Crippen LogP contribution in [0.1, 0.15) is 24.5 Å². The zero-order valence-electron chi connectivity index (χ0n) is 14.2. The molecule has 1 aliphatic heterocycles. The van der Waals surface area contributed by atoms with E-state index in [1.165, 1.54) is 4.31 Å². The Morgan fingerprint density at radius 1 is 1.12 bits per heavy atom. The molecule has 0 aromatic heterocycles. The van der Waals surface area contributed by atoms with Crippen LogP contribution in [0.4, 0.5) is 11.4 Å². The number of anilines is 2. The van der Waals surface area contributed by atoms with Gasteiger partial charge in [-0.1, -0.05) is 43.3 Å². The van der Waals surface area contributed by atoms with Crippen molar-refractivity contribution in [3.63, 3.8) is 0 Å². The molecule has 0 spiro atoms. The minimum atomic E-state index is -3.50. The van der Waals surface area contributed by atoms with Crippen molar-refractivity contribution in [3.8, 4) is 0 Å². The molecule has 2 aromatic carbocycles. The van der Waals surface area contributed by atoms with Crippen molar-refractivity contribution in [2.75, 3.05) is 21.9 Å². The summed E-state index contributed by atoms with van der Waals surface area (Å²) in [5.74, 6) is -0.474. The third kappa shape index (κ3) is 3.85. The molecule has 5 nitrogen and oxygen atoms in total. The Bertz CT molecular complexity index is 878. The van der Waals surface area contributed by atoms with Crippen molar-refractivity contribution in [2.24, 2.45) is 0 Å². The molecule has 1 aliphatic rings. The predicted molar refractivity (Wildman–Crippen MR) is 100 cm³/mol. The molecule has 25 heavy (non-hydrogen) atoms. The van der Waals surface area contributed by atoms with Crippen molar-refractivity contribution < 1.29 is 13.2 Å². The molecule has 0 atom stereocenters. The third-order valence-electron chi connectivity index (χ3n) is 4.44. The summed E-state index contributed by atoms with van der Waals surface area (Å²) in [6.45, 7) is 2.46. The lowest BCUT2D eigenvalue weighted by Gasteiger charge is -2.19. The Kier molecular flexibility index (Phi) is 5.08. The van der Waals surface area contributed by atoms with Gasteiger partial charge in [0.05, 0.1) is 11.4 Å². The van der Waals surface area contributed by atoms with E-state index in [0.29, 0.717) is 13.0 Å². The number of sulfonamides is 1. The van der Waals surface area contributed by atoms with Gasteiger partial charge in [0, 0.05) is 18.7 Å². The van der Waals surface area contributed by atoms with Crippen LogP contribution in [0.5, 0.6) is 0 Å². The highest BCUT2D eigenvalue weighted by Crippen LogP contribution is 2.30. The number of nitrogens with zero attached hydrogens (tertiary/aromatic N) is 1. The Morgan fingerprint density at radius 2 is 1.84 bits per heavy atom. The first-order valence-corrected chi connectivity index (χ1v) is 10.1. The van der Waals surface area contributed by atoms with Gasteiger partial charge in [-0.15, -0.1) is 0 Å². The molecule has 1 amide bonds. The summed E-state index contributed by atoms with van der Waals surface area (Å²) in [5.41, 5.74) is 3.55. The SMILES string of the molecule is CCc1ccccc1NC(=O)CCS(=O)(=O)N1CCc2ccccc21. The number of amides is 1. The summed E-state index contributed by atoms with van der Waals surface area (Å²) >= 11 is 0. The summed E-state index contributed by atoms with van der Waals surface area (Å²) in [7, 11) is -3.50. The number of carbonyl (C=O) groups is 1. The van der Waals surface area contributed by atoms with Crippen LogP contribution in [0.15, 0.2) is 48.5 Å². The van der Waals surface area contributed by atoms with Crippen LogP contribution in [0.3, 0.4) is 0 Å². The van der Waals surface area contributed by atoms with Crippen molar-refractivity contribution in [1.29, 1.82) is 0 Å². The number of benzene rings is 2. The van der Waals surface area contributed by atoms with Gasteiger partial charge < -0.3 is 5.32 Å². The first-order chi connectivity index (χ1) is 12.0. The Labute approximate surface area is 148 Å². The van der Waals surface area contributed by atoms with Gasteiger partial charge in [0.2, 0.25) is 15.9 Å². The highest BCUT2D eigenvalue weighted by molar-refractivity contribution is 7.92. The highest BCUT2D eigenvalue weighted by Gasteiger charge is 2.29. The predicted octanol–water partition coefficient (Wildman–Crippen LogP) is 2.97. The monoisotopic (exact) mass is 358 g/mol. The maximum atomic E-state index is 12.6. The van der Waals surface area contributed by atoms with Crippen LogP contribution >= 0.6 is 0 Å². The second-order valence-electron chi connectivity index (χ2n) is 6.08. The van der Waals surface area contributed by atoms with Crippen LogP contribution in [0.2, 0.25) is 0 Å². The molecule has 0 saturated carbocycles. The van der Waals surface area contributed by atoms with Crippen LogP contribution < -0.4 is 9.62 Å². The summed E-state index contributed by atoms with van der Waals surface area (Å²) in [6, 6.07) is 15.1. The second-order valence-corrected chi connectivity index (χ2v) is 8.09. The van der Waals surface area contributed by atoms with Crippen molar-refractivity contribution >= 4 is 27.3 Å². The van der Waals surface area contributed by atoms with Gasteiger partial charge in [0.25, 0.3) is 0 Å². The van der Waals surface area contributed by atoms with E-state index < -0.39 is 10.0 Å². The lowest BCUT2D eigenvalue weighted by Crippen LogP contribution is -2.32. The number of carbonyl (C=O) groups excluding carboxylic acids is 1. The smallest absolute Gasteiger partial charge is 0.235 e. The molecule has 2 aromatic rings. The molecule has 0 saturated heterocycles. The summed E-state index contributed by atoms with van der Waals surface area (Å²) in [6.07, 6.45) is 1.46.